The first kappa shape index (κ1) is 19.4. The van der Waals surface area contributed by atoms with Gasteiger partial charge in [-0.2, -0.15) is 0 Å². The summed E-state index contributed by atoms with van der Waals surface area (Å²) in [5, 5.41) is 10.7. The normalized spacial score (nSPS) is 12.6. The van der Waals surface area contributed by atoms with E-state index in [1.165, 1.54) is 11.3 Å². The standard InChI is InChI=1S/C24H30N2O/c1-20(2)16-25(19-24(27)22-12-7-4-8-13-22)18-23-14-9-15-26(23)17-21-10-5-3-6-11-21/h3-15,20,24,27H,16-19H2,1-2H3. The number of aliphatic hydroxyl groups is 1. The Kier molecular flexibility index (Phi) is 6.86. The molecule has 27 heavy (non-hydrogen) atoms. The highest BCUT2D eigenvalue weighted by atomic mass is 16.3. The summed E-state index contributed by atoms with van der Waals surface area (Å²) >= 11 is 0. The number of benzene rings is 2. The highest BCUT2D eigenvalue weighted by molar-refractivity contribution is 5.19. The fourth-order valence-corrected chi connectivity index (χ4v) is 3.50. The Morgan fingerprint density at radius 1 is 0.852 bits per heavy atom. The molecule has 3 nitrogen and oxygen atoms in total. The molecule has 0 spiro atoms. The fraction of sp³-hybridized carbons (Fsp3) is 0.333. The van der Waals surface area contributed by atoms with Gasteiger partial charge < -0.3 is 9.67 Å². The van der Waals surface area contributed by atoms with E-state index in [0.29, 0.717) is 12.5 Å². The average Bonchev–Trinajstić information content (AvgIpc) is 3.09. The van der Waals surface area contributed by atoms with Crippen LogP contribution in [0.4, 0.5) is 0 Å². The topological polar surface area (TPSA) is 28.4 Å². The largest absolute Gasteiger partial charge is 0.387 e. The van der Waals surface area contributed by atoms with Gasteiger partial charge in [-0.05, 0) is 29.2 Å². The molecular weight excluding hydrogens is 332 g/mol. The van der Waals surface area contributed by atoms with Crippen LogP contribution in [0.2, 0.25) is 0 Å². The van der Waals surface area contributed by atoms with E-state index in [-0.39, 0.29) is 0 Å². The Morgan fingerprint density at radius 3 is 2.19 bits per heavy atom. The highest BCUT2D eigenvalue weighted by Gasteiger charge is 2.16. The summed E-state index contributed by atoms with van der Waals surface area (Å²) < 4.78 is 2.30. The molecule has 1 atom stereocenters. The van der Waals surface area contributed by atoms with Crippen LogP contribution in [-0.4, -0.2) is 27.7 Å². The van der Waals surface area contributed by atoms with Crippen LogP contribution in [0, 0.1) is 5.92 Å². The van der Waals surface area contributed by atoms with Crippen LogP contribution in [-0.2, 0) is 13.1 Å². The Balaban J connectivity index is 1.70. The van der Waals surface area contributed by atoms with Crippen molar-refractivity contribution in [1.82, 2.24) is 9.47 Å². The molecule has 1 heterocycles. The monoisotopic (exact) mass is 362 g/mol. The molecule has 0 saturated carbocycles. The van der Waals surface area contributed by atoms with E-state index < -0.39 is 6.10 Å². The van der Waals surface area contributed by atoms with Gasteiger partial charge in [0.25, 0.3) is 0 Å². The maximum atomic E-state index is 10.7. The van der Waals surface area contributed by atoms with Gasteiger partial charge in [-0.3, -0.25) is 4.90 Å². The van der Waals surface area contributed by atoms with E-state index in [1.807, 2.05) is 30.3 Å². The molecule has 3 aromatic rings. The summed E-state index contributed by atoms with van der Waals surface area (Å²) in [4.78, 5) is 2.36. The molecule has 1 unspecified atom stereocenters. The molecule has 2 aromatic carbocycles. The summed E-state index contributed by atoms with van der Waals surface area (Å²) in [6.45, 7) is 7.76. The third kappa shape index (κ3) is 5.81. The second kappa shape index (κ2) is 9.54. The molecule has 0 aliphatic carbocycles. The number of aliphatic hydroxyl groups excluding tert-OH is 1. The Hall–Kier alpha value is -2.36. The lowest BCUT2D eigenvalue weighted by Crippen LogP contribution is -2.32. The third-order valence-electron chi connectivity index (χ3n) is 4.74. The van der Waals surface area contributed by atoms with E-state index >= 15 is 0 Å². The van der Waals surface area contributed by atoms with Crippen molar-refractivity contribution in [3.8, 4) is 0 Å². The van der Waals surface area contributed by atoms with Crippen molar-refractivity contribution in [3.05, 3.63) is 95.8 Å². The van der Waals surface area contributed by atoms with Gasteiger partial charge in [0.15, 0.2) is 0 Å². The lowest BCUT2D eigenvalue weighted by atomic mass is 10.1. The van der Waals surface area contributed by atoms with Crippen LogP contribution >= 0.6 is 0 Å². The van der Waals surface area contributed by atoms with E-state index in [0.717, 1.165) is 25.2 Å². The third-order valence-corrected chi connectivity index (χ3v) is 4.74. The van der Waals surface area contributed by atoms with E-state index in [4.69, 9.17) is 0 Å². The molecule has 1 aromatic heterocycles. The van der Waals surface area contributed by atoms with Gasteiger partial charge in [0.2, 0.25) is 0 Å². The lowest BCUT2D eigenvalue weighted by Gasteiger charge is -2.27. The van der Waals surface area contributed by atoms with Gasteiger partial charge in [0.05, 0.1) is 6.10 Å². The van der Waals surface area contributed by atoms with Gasteiger partial charge in [0.1, 0.15) is 0 Å². The van der Waals surface area contributed by atoms with Gasteiger partial charge in [-0.25, -0.2) is 0 Å². The molecule has 0 radical (unpaired) electrons. The number of hydrogen-bond donors (Lipinski definition) is 1. The first-order valence-corrected chi connectivity index (χ1v) is 9.75. The van der Waals surface area contributed by atoms with Crippen molar-refractivity contribution in [1.29, 1.82) is 0 Å². The predicted octanol–water partition coefficient (Wildman–Crippen LogP) is 4.73. The van der Waals surface area contributed by atoms with Crippen LogP contribution in [0.3, 0.4) is 0 Å². The number of hydrogen-bond acceptors (Lipinski definition) is 2. The summed E-state index contributed by atoms with van der Waals surface area (Å²) in [5.41, 5.74) is 3.56. The molecule has 0 bridgehead atoms. The minimum absolute atomic E-state index is 0.470. The molecule has 0 aliphatic heterocycles. The van der Waals surface area contributed by atoms with E-state index in [9.17, 15) is 5.11 Å². The molecule has 3 rings (SSSR count). The summed E-state index contributed by atoms with van der Waals surface area (Å²) in [6, 6.07) is 24.8. The fourth-order valence-electron chi connectivity index (χ4n) is 3.50. The summed E-state index contributed by atoms with van der Waals surface area (Å²) in [6.07, 6.45) is 1.67. The van der Waals surface area contributed by atoms with Crippen LogP contribution in [0.5, 0.6) is 0 Å². The molecule has 1 N–H and O–H groups in total. The van der Waals surface area contributed by atoms with Crippen molar-refractivity contribution in [3.63, 3.8) is 0 Å². The Labute approximate surface area is 162 Å². The molecule has 3 heteroatoms. The van der Waals surface area contributed by atoms with Crippen molar-refractivity contribution in [2.75, 3.05) is 13.1 Å². The van der Waals surface area contributed by atoms with Gasteiger partial charge in [0, 0.05) is 38.1 Å². The summed E-state index contributed by atoms with van der Waals surface area (Å²) in [7, 11) is 0. The molecule has 0 amide bonds. The molecule has 0 fully saturated rings. The van der Waals surface area contributed by atoms with Crippen LogP contribution in [0.15, 0.2) is 79.0 Å². The minimum atomic E-state index is -0.470. The van der Waals surface area contributed by atoms with Gasteiger partial charge >= 0.3 is 0 Å². The Morgan fingerprint density at radius 2 is 1.52 bits per heavy atom. The first-order chi connectivity index (χ1) is 13.1. The van der Waals surface area contributed by atoms with E-state index in [2.05, 4.69) is 72.0 Å². The zero-order chi connectivity index (χ0) is 19.1. The quantitative estimate of drug-likeness (QED) is 0.596. The highest BCUT2D eigenvalue weighted by Crippen LogP contribution is 2.18. The minimum Gasteiger partial charge on any atom is -0.387 e. The smallest absolute Gasteiger partial charge is 0.0917 e. The van der Waals surface area contributed by atoms with Crippen molar-refractivity contribution in [2.24, 2.45) is 5.92 Å². The second-order valence-corrected chi connectivity index (χ2v) is 7.63. The number of aromatic nitrogens is 1. The zero-order valence-electron chi connectivity index (χ0n) is 16.3. The van der Waals surface area contributed by atoms with Gasteiger partial charge in [-0.15, -0.1) is 0 Å². The first-order valence-electron chi connectivity index (χ1n) is 9.75. The Bertz CT molecular complexity index is 796. The predicted molar refractivity (Wildman–Crippen MR) is 111 cm³/mol. The second-order valence-electron chi connectivity index (χ2n) is 7.63. The van der Waals surface area contributed by atoms with Gasteiger partial charge in [-0.1, -0.05) is 74.5 Å². The number of rotatable bonds is 9. The molecular formula is C24H30N2O. The molecule has 0 saturated heterocycles. The maximum absolute atomic E-state index is 10.7. The van der Waals surface area contributed by atoms with Crippen LogP contribution in [0.1, 0.15) is 36.8 Å². The SMILES string of the molecule is CC(C)CN(Cc1cccn1Cc1ccccc1)CC(O)c1ccccc1. The van der Waals surface area contributed by atoms with Crippen molar-refractivity contribution in [2.45, 2.75) is 33.0 Å². The van der Waals surface area contributed by atoms with E-state index in [1.54, 1.807) is 0 Å². The van der Waals surface area contributed by atoms with Crippen LogP contribution < -0.4 is 0 Å². The molecule has 142 valence electrons. The van der Waals surface area contributed by atoms with Crippen molar-refractivity contribution < 1.29 is 5.11 Å². The lowest BCUT2D eigenvalue weighted by molar-refractivity contribution is 0.100. The summed E-state index contributed by atoms with van der Waals surface area (Å²) in [5.74, 6) is 0.547. The zero-order valence-corrected chi connectivity index (χ0v) is 16.3. The van der Waals surface area contributed by atoms with Crippen molar-refractivity contribution >= 4 is 0 Å². The van der Waals surface area contributed by atoms with Crippen LogP contribution in [0.25, 0.3) is 0 Å². The number of nitrogens with zero attached hydrogens (tertiary/aromatic N) is 2. The average molecular weight is 363 g/mol. The maximum Gasteiger partial charge on any atom is 0.0917 e. The molecule has 0 aliphatic rings.